The first-order chi connectivity index (χ1) is 10.7. The molecule has 0 aliphatic heterocycles. The van der Waals surface area contributed by atoms with Crippen LogP contribution in [-0.2, 0) is 10.0 Å². The van der Waals surface area contributed by atoms with Gasteiger partial charge in [0, 0.05) is 12.6 Å². The molecule has 0 atom stereocenters. The molecule has 7 heteroatoms. The summed E-state index contributed by atoms with van der Waals surface area (Å²) in [6, 6.07) is 4.02. The smallest absolute Gasteiger partial charge is 0.335 e. The van der Waals surface area contributed by atoms with Gasteiger partial charge in [-0.05, 0) is 62.8 Å². The number of aromatic carboxylic acids is 1. The number of carbonyl (C=O) groups is 1. The highest BCUT2D eigenvalue weighted by atomic mass is 32.2. The van der Waals surface area contributed by atoms with E-state index in [1.165, 1.54) is 22.5 Å². The van der Waals surface area contributed by atoms with Gasteiger partial charge in [-0.15, -0.1) is 0 Å². The molecule has 3 rings (SSSR count). The minimum absolute atomic E-state index is 0.0518. The van der Waals surface area contributed by atoms with E-state index in [0.29, 0.717) is 18.4 Å². The molecule has 126 valence electrons. The average Bonchev–Trinajstić information content (AvgIpc) is 3.26. The molecule has 0 unspecified atom stereocenters. The zero-order chi connectivity index (χ0) is 16.8. The highest BCUT2D eigenvalue weighted by Crippen LogP contribution is 2.39. The van der Waals surface area contributed by atoms with Crippen molar-refractivity contribution in [3.05, 3.63) is 29.3 Å². The van der Waals surface area contributed by atoms with Gasteiger partial charge in [0.2, 0.25) is 10.0 Å². The highest BCUT2D eigenvalue weighted by Gasteiger charge is 2.45. The molecular weight excluding hydrogens is 318 g/mol. The Morgan fingerprint density at radius 3 is 2.43 bits per heavy atom. The van der Waals surface area contributed by atoms with Crippen LogP contribution in [-0.4, -0.2) is 47.1 Å². The fourth-order valence-electron chi connectivity index (χ4n) is 2.98. The van der Waals surface area contributed by atoms with Gasteiger partial charge in [0.25, 0.3) is 0 Å². The van der Waals surface area contributed by atoms with Crippen LogP contribution in [0.1, 0.15) is 48.0 Å². The average molecular weight is 339 g/mol. The number of aliphatic hydroxyl groups is 1. The van der Waals surface area contributed by atoms with Gasteiger partial charge in [0.1, 0.15) is 0 Å². The Bertz CT molecular complexity index is 735. The lowest BCUT2D eigenvalue weighted by Gasteiger charge is -2.40. The number of rotatable bonds is 6. The molecule has 2 saturated carbocycles. The van der Waals surface area contributed by atoms with Crippen molar-refractivity contribution in [3.8, 4) is 0 Å². The van der Waals surface area contributed by atoms with E-state index in [-0.39, 0.29) is 23.0 Å². The predicted molar refractivity (Wildman–Crippen MR) is 83.9 cm³/mol. The Labute approximate surface area is 135 Å². The summed E-state index contributed by atoms with van der Waals surface area (Å²) in [5.41, 5.74) is -0.401. The fraction of sp³-hybridized carbons (Fsp3) is 0.562. The predicted octanol–water partition coefficient (Wildman–Crippen LogP) is 1.76. The van der Waals surface area contributed by atoms with Crippen molar-refractivity contribution in [2.24, 2.45) is 0 Å². The van der Waals surface area contributed by atoms with Crippen molar-refractivity contribution in [3.63, 3.8) is 0 Å². The summed E-state index contributed by atoms with van der Waals surface area (Å²) < 4.78 is 27.3. The van der Waals surface area contributed by atoms with Crippen molar-refractivity contribution in [2.45, 2.75) is 55.6 Å². The van der Waals surface area contributed by atoms with Crippen LogP contribution in [0.2, 0.25) is 0 Å². The van der Waals surface area contributed by atoms with Crippen LogP contribution in [0.4, 0.5) is 0 Å². The lowest BCUT2D eigenvalue weighted by molar-refractivity contribution is -0.0461. The maximum atomic E-state index is 12.9. The molecule has 0 heterocycles. The second kappa shape index (κ2) is 5.58. The Kier molecular flexibility index (Phi) is 3.98. The number of carboxylic acids is 1. The first-order valence-electron chi connectivity index (χ1n) is 7.81. The van der Waals surface area contributed by atoms with E-state index >= 15 is 0 Å². The van der Waals surface area contributed by atoms with Crippen molar-refractivity contribution in [1.82, 2.24) is 4.31 Å². The third-order valence-corrected chi connectivity index (χ3v) is 6.62. The maximum Gasteiger partial charge on any atom is 0.335 e. The Balaban J connectivity index is 1.92. The number of nitrogens with zero attached hydrogens (tertiary/aromatic N) is 1. The Morgan fingerprint density at radius 1 is 1.35 bits per heavy atom. The maximum absolute atomic E-state index is 12.9. The zero-order valence-corrected chi connectivity index (χ0v) is 13.8. The van der Waals surface area contributed by atoms with Gasteiger partial charge in [-0.1, -0.05) is 0 Å². The summed E-state index contributed by atoms with van der Waals surface area (Å²) in [6.07, 6.45) is 3.79. The lowest BCUT2D eigenvalue weighted by atomic mass is 9.80. The molecule has 1 aromatic carbocycles. The molecule has 0 spiro atoms. The molecule has 0 saturated heterocycles. The molecular formula is C16H21NO5S. The number of hydrogen-bond donors (Lipinski definition) is 2. The molecule has 2 aliphatic carbocycles. The number of benzene rings is 1. The summed E-state index contributed by atoms with van der Waals surface area (Å²) >= 11 is 0. The lowest BCUT2D eigenvalue weighted by Crippen LogP contribution is -2.50. The van der Waals surface area contributed by atoms with Crippen molar-refractivity contribution in [2.75, 3.05) is 6.54 Å². The van der Waals surface area contributed by atoms with E-state index in [0.717, 1.165) is 19.3 Å². The third-order valence-electron chi connectivity index (χ3n) is 4.72. The van der Waals surface area contributed by atoms with Crippen LogP contribution < -0.4 is 0 Å². The van der Waals surface area contributed by atoms with E-state index in [1.807, 2.05) is 0 Å². The quantitative estimate of drug-likeness (QED) is 0.823. The van der Waals surface area contributed by atoms with Crippen LogP contribution in [0.15, 0.2) is 23.1 Å². The summed E-state index contributed by atoms with van der Waals surface area (Å²) in [7, 11) is -3.73. The largest absolute Gasteiger partial charge is 0.478 e. The van der Waals surface area contributed by atoms with E-state index in [4.69, 9.17) is 5.11 Å². The second-order valence-corrected chi connectivity index (χ2v) is 8.53. The van der Waals surface area contributed by atoms with Crippen molar-refractivity contribution >= 4 is 16.0 Å². The van der Waals surface area contributed by atoms with Crippen LogP contribution in [0, 0.1) is 6.92 Å². The van der Waals surface area contributed by atoms with E-state index < -0.39 is 21.6 Å². The molecule has 0 bridgehead atoms. The van der Waals surface area contributed by atoms with E-state index in [2.05, 4.69) is 0 Å². The van der Waals surface area contributed by atoms with Crippen molar-refractivity contribution < 1.29 is 23.4 Å². The van der Waals surface area contributed by atoms with Crippen LogP contribution in [0.3, 0.4) is 0 Å². The van der Waals surface area contributed by atoms with Crippen LogP contribution in [0.5, 0.6) is 0 Å². The first kappa shape index (κ1) is 16.4. The molecule has 0 aromatic heterocycles. The topological polar surface area (TPSA) is 94.9 Å². The molecule has 23 heavy (non-hydrogen) atoms. The van der Waals surface area contributed by atoms with Gasteiger partial charge in [-0.2, -0.15) is 4.31 Å². The van der Waals surface area contributed by atoms with Crippen LogP contribution >= 0.6 is 0 Å². The number of sulfonamides is 1. The summed E-state index contributed by atoms with van der Waals surface area (Å²) in [6.45, 7) is 1.71. The number of aryl methyl sites for hydroxylation is 1. The SMILES string of the molecule is Cc1cc(S(=O)(=O)N(CC2(O)CCC2)C2CC2)ccc1C(=O)O. The van der Waals surface area contributed by atoms with E-state index in [9.17, 15) is 18.3 Å². The highest BCUT2D eigenvalue weighted by molar-refractivity contribution is 7.89. The molecule has 0 amide bonds. The minimum Gasteiger partial charge on any atom is -0.478 e. The molecule has 1 aromatic rings. The van der Waals surface area contributed by atoms with Crippen molar-refractivity contribution in [1.29, 1.82) is 0 Å². The number of hydrogen-bond acceptors (Lipinski definition) is 4. The third kappa shape index (κ3) is 3.13. The standard InChI is InChI=1S/C16H21NO5S/c1-11-9-13(5-6-14(11)15(18)19)23(21,22)17(12-3-4-12)10-16(20)7-2-8-16/h5-6,9,12,20H,2-4,7-8,10H2,1H3,(H,18,19). The first-order valence-corrected chi connectivity index (χ1v) is 9.25. The molecule has 2 fully saturated rings. The van der Waals surface area contributed by atoms with Gasteiger partial charge in [0.05, 0.1) is 16.1 Å². The molecule has 0 radical (unpaired) electrons. The summed E-state index contributed by atoms with van der Waals surface area (Å²) in [4.78, 5) is 11.2. The van der Waals surface area contributed by atoms with Gasteiger partial charge >= 0.3 is 5.97 Å². The van der Waals surface area contributed by atoms with Gasteiger partial charge in [-0.25, -0.2) is 13.2 Å². The van der Waals surface area contributed by atoms with Crippen LogP contribution in [0.25, 0.3) is 0 Å². The number of carboxylic acid groups (broad SMARTS) is 1. The molecule has 6 nitrogen and oxygen atoms in total. The van der Waals surface area contributed by atoms with E-state index in [1.54, 1.807) is 6.92 Å². The zero-order valence-electron chi connectivity index (χ0n) is 13.0. The monoisotopic (exact) mass is 339 g/mol. The molecule has 2 N–H and O–H groups in total. The van der Waals surface area contributed by atoms with Gasteiger partial charge in [0.15, 0.2) is 0 Å². The fourth-order valence-corrected chi connectivity index (χ4v) is 4.83. The summed E-state index contributed by atoms with van der Waals surface area (Å²) in [5, 5.41) is 19.4. The Hall–Kier alpha value is -1.44. The minimum atomic E-state index is -3.73. The van der Waals surface area contributed by atoms with Gasteiger partial charge < -0.3 is 10.2 Å². The molecule has 2 aliphatic rings. The van der Waals surface area contributed by atoms with Gasteiger partial charge in [-0.3, -0.25) is 0 Å². The normalized spacial score (nSPS) is 20.3. The summed E-state index contributed by atoms with van der Waals surface area (Å²) in [5.74, 6) is -1.07. The second-order valence-electron chi connectivity index (χ2n) is 6.64. The Morgan fingerprint density at radius 2 is 2.00 bits per heavy atom.